The third-order valence-electron chi connectivity index (χ3n) is 4.94. The Morgan fingerprint density at radius 1 is 1.28 bits per heavy atom. The van der Waals surface area contributed by atoms with Gasteiger partial charge in [-0.15, -0.1) is 0 Å². The summed E-state index contributed by atoms with van der Waals surface area (Å²) in [6.07, 6.45) is 8.91. The molecule has 2 aliphatic carbocycles. The minimum atomic E-state index is -0.237. The molecule has 0 radical (unpaired) electrons. The highest BCUT2D eigenvalue weighted by Crippen LogP contribution is 2.42. The molecule has 1 saturated heterocycles. The van der Waals surface area contributed by atoms with Crippen LogP contribution in [0.1, 0.15) is 51.9 Å². The normalized spacial score (nSPS) is 32.1. The Hall–Kier alpha value is -0.590. The highest BCUT2D eigenvalue weighted by atomic mass is 15.2. The zero-order valence-electron chi connectivity index (χ0n) is 11.5. The Bertz CT molecular complexity index is 340. The van der Waals surface area contributed by atoms with Gasteiger partial charge in [0.2, 0.25) is 0 Å². The summed E-state index contributed by atoms with van der Waals surface area (Å²) in [4.78, 5) is 2.58. The van der Waals surface area contributed by atoms with E-state index in [-0.39, 0.29) is 5.54 Å². The zero-order valence-corrected chi connectivity index (χ0v) is 11.5. The van der Waals surface area contributed by atoms with Gasteiger partial charge >= 0.3 is 0 Å². The summed E-state index contributed by atoms with van der Waals surface area (Å²) < 4.78 is 0. The molecule has 3 rings (SSSR count). The number of nitrogens with zero attached hydrogens (tertiary/aromatic N) is 2. The van der Waals surface area contributed by atoms with Crippen LogP contribution in [-0.4, -0.2) is 35.6 Å². The van der Waals surface area contributed by atoms with Crippen molar-refractivity contribution in [1.29, 1.82) is 5.26 Å². The standard InChI is InChI=1S/C15H25N3/c1-2-14-4-3-9-18(14)11-15(10-16,12-5-6-12)17-13-7-8-13/h12-14,17H,2-9,11H2,1H3. The van der Waals surface area contributed by atoms with Gasteiger partial charge in [0.1, 0.15) is 5.54 Å². The summed E-state index contributed by atoms with van der Waals surface area (Å²) in [7, 11) is 0. The van der Waals surface area contributed by atoms with E-state index in [4.69, 9.17) is 0 Å². The van der Waals surface area contributed by atoms with Gasteiger partial charge in [-0.25, -0.2) is 0 Å². The van der Waals surface area contributed by atoms with Crippen molar-refractivity contribution in [2.24, 2.45) is 5.92 Å². The molecule has 0 aromatic heterocycles. The molecular weight excluding hydrogens is 222 g/mol. The Balaban J connectivity index is 1.70. The largest absolute Gasteiger partial charge is 0.297 e. The average Bonchev–Trinajstić information content (AvgIpc) is 3.28. The number of likely N-dealkylation sites (tertiary alicyclic amines) is 1. The maximum Gasteiger partial charge on any atom is 0.122 e. The monoisotopic (exact) mass is 247 g/mol. The number of nitrogens with one attached hydrogen (secondary N) is 1. The molecule has 3 aliphatic rings. The molecule has 100 valence electrons. The quantitative estimate of drug-likeness (QED) is 0.782. The Morgan fingerprint density at radius 3 is 2.61 bits per heavy atom. The number of hydrogen-bond acceptors (Lipinski definition) is 3. The molecule has 0 amide bonds. The molecule has 0 aromatic carbocycles. The summed E-state index contributed by atoms with van der Waals surface area (Å²) in [5.41, 5.74) is -0.237. The van der Waals surface area contributed by atoms with E-state index in [9.17, 15) is 5.26 Å². The van der Waals surface area contributed by atoms with E-state index in [1.165, 1.54) is 51.5 Å². The van der Waals surface area contributed by atoms with Gasteiger partial charge in [-0.2, -0.15) is 5.26 Å². The summed E-state index contributed by atoms with van der Waals surface area (Å²) >= 11 is 0. The first-order valence-corrected chi connectivity index (χ1v) is 7.70. The lowest BCUT2D eigenvalue weighted by molar-refractivity contribution is 0.178. The van der Waals surface area contributed by atoms with Crippen LogP contribution in [0.5, 0.6) is 0 Å². The second-order valence-corrected chi connectivity index (χ2v) is 6.45. The van der Waals surface area contributed by atoms with Gasteiger partial charge in [0.25, 0.3) is 0 Å². The van der Waals surface area contributed by atoms with E-state index >= 15 is 0 Å². The molecule has 18 heavy (non-hydrogen) atoms. The molecule has 1 aliphatic heterocycles. The summed E-state index contributed by atoms with van der Waals surface area (Å²) in [6, 6.07) is 4.02. The van der Waals surface area contributed by atoms with Crippen LogP contribution in [0.2, 0.25) is 0 Å². The van der Waals surface area contributed by atoms with Crippen molar-refractivity contribution in [1.82, 2.24) is 10.2 Å². The molecule has 0 bridgehead atoms. The number of rotatable bonds is 6. The summed E-state index contributed by atoms with van der Waals surface area (Å²) in [5, 5.41) is 13.4. The lowest BCUT2D eigenvalue weighted by atomic mass is 9.93. The van der Waals surface area contributed by atoms with E-state index in [1.807, 2.05) is 0 Å². The van der Waals surface area contributed by atoms with E-state index in [2.05, 4.69) is 23.2 Å². The van der Waals surface area contributed by atoms with Crippen LogP contribution < -0.4 is 5.32 Å². The number of hydrogen-bond donors (Lipinski definition) is 1. The fourth-order valence-corrected chi connectivity index (χ4v) is 3.51. The first kappa shape index (κ1) is 12.4. The van der Waals surface area contributed by atoms with Gasteiger partial charge in [-0.05, 0) is 57.4 Å². The van der Waals surface area contributed by atoms with Gasteiger partial charge in [-0.3, -0.25) is 10.2 Å². The van der Waals surface area contributed by atoms with Crippen molar-refractivity contribution in [2.45, 2.75) is 69.5 Å². The Morgan fingerprint density at radius 2 is 2.06 bits per heavy atom. The van der Waals surface area contributed by atoms with E-state index < -0.39 is 0 Å². The maximum atomic E-state index is 9.74. The van der Waals surface area contributed by atoms with E-state index in [0.717, 1.165) is 12.6 Å². The smallest absolute Gasteiger partial charge is 0.122 e. The van der Waals surface area contributed by atoms with Gasteiger partial charge < -0.3 is 0 Å². The highest BCUT2D eigenvalue weighted by molar-refractivity contribution is 5.19. The topological polar surface area (TPSA) is 39.1 Å². The first-order chi connectivity index (χ1) is 8.77. The minimum absolute atomic E-state index is 0.237. The Labute approximate surface area is 111 Å². The molecular formula is C15H25N3. The van der Waals surface area contributed by atoms with Gasteiger partial charge in [0.15, 0.2) is 0 Å². The SMILES string of the molecule is CCC1CCCN1CC(C#N)(NC1CC1)C1CC1. The van der Waals surface area contributed by atoms with Crippen LogP contribution in [-0.2, 0) is 0 Å². The predicted molar refractivity (Wildman–Crippen MR) is 72.1 cm³/mol. The highest BCUT2D eigenvalue weighted by Gasteiger charge is 2.49. The molecule has 3 heteroatoms. The summed E-state index contributed by atoms with van der Waals surface area (Å²) in [5.74, 6) is 0.612. The van der Waals surface area contributed by atoms with Crippen LogP contribution >= 0.6 is 0 Å². The van der Waals surface area contributed by atoms with Crippen LogP contribution in [0.25, 0.3) is 0 Å². The van der Waals surface area contributed by atoms with Crippen molar-refractivity contribution in [3.05, 3.63) is 0 Å². The zero-order chi connectivity index (χ0) is 12.6. The lowest BCUT2D eigenvalue weighted by Crippen LogP contribution is -2.56. The van der Waals surface area contributed by atoms with Crippen molar-refractivity contribution in [3.8, 4) is 6.07 Å². The molecule has 1 N–H and O–H groups in total. The van der Waals surface area contributed by atoms with Gasteiger partial charge in [-0.1, -0.05) is 6.92 Å². The minimum Gasteiger partial charge on any atom is -0.297 e. The average molecular weight is 247 g/mol. The van der Waals surface area contributed by atoms with Crippen molar-refractivity contribution < 1.29 is 0 Å². The fourth-order valence-electron chi connectivity index (χ4n) is 3.51. The fraction of sp³-hybridized carbons (Fsp3) is 0.933. The maximum absolute atomic E-state index is 9.74. The van der Waals surface area contributed by atoms with E-state index in [0.29, 0.717) is 12.0 Å². The van der Waals surface area contributed by atoms with Crippen LogP contribution in [0, 0.1) is 17.2 Å². The third-order valence-corrected chi connectivity index (χ3v) is 4.94. The molecule has 2 atom stereocenters. The summed E-state index contributed by atoms with van der Waals surface area (Å²) in [6.45, 7) is 4.44. The first-order valence-electron chi connectivity index (χ1n) is 7.70. The van der Waals surface area contributed by atoms with Crippen molar-refractivity contribution in [2.75, 3.05) is 13.1 Å². The Kier molecular flexibility index (Phi) is 3.34. The van der Waals surface area contributed by atoms with Crippen LogP contribution in [0.15, 0.2) is 0 Å². The van der Waals surface area contributed by atoms with Crippen molar-refractivity contribution >= 4 is 0 Å². The molecule has 3 nitrogen and oxygen atoms in total. The van der Waals surface area contributed by atoms with Crippen LogP contribution in [0.4, 0.5) is 0 Å². The molecule has 1 heterocycles. The third kappa shape index (κ3) is 2.41. The molecule has 3 fully saturated rings. The second kappa shape index (κ2) is 4.83. The molecule has 2 saturated carbocycles. The van der Waals surface area contributed by atoms with Gasteiger partial charge in [0.05, 0.1) is 6.07 Å². The van der Waals surface area contributed by atoms with Crippen molar-refractivity contribution in [3.63, 3.8) is 0 Å². The molecule has 0 spiro atoms. The predicted octanol–water partition coefficient (Wildman–Crippen LogP) is 2.29. The molecule has 0 aromatic rings. The number of nitriles is 1. The molecule has 2 unspecified atom stereocenters. The lowest BCUT2D eigenvalue weighted by Gasteiger charge is -2.35. The second-order valence-electron chi connectivity index (χ2n) is 6.45. The van der Waals surface area contributed by atoms with Crippen LogP contribution in [0.3, 0.4) is 0 Å². The van der Waals surface area contributed by atoms with Gasteiger partial charge in [0, 0.05) is 18.6 Å². The van der Waals surface area contributed by atoms with E-state index in [1.54, 1.807) is 0 Å².